The van der Waals surface area contributed by atoms with E-state index in [4.69, 9.17) is 10.00 Å². The topological polar surface area (TPSA) is 53.3 Å². The molecule has 0 aliphatic carbocycles. The van der Waals surface area contributed by atoms with Crippen molar-refractivity contribution in [2.24, 2.45) is 0 Å². The third-order valence-electron chi connectivity index (χ3n) is 3.50. The third kappa shape index (κ3) is 3.14. The van der Waals surface area contributed by atoms with Crippen molar-refractivity contribution in [3.63, 3.8) is 0 Å². The number of carbonyl (C=O) groups excluding carboxylic acids is 1. The summed E-state index contributed by atoms with van der Waals surface area (Å²) < 4.78 is 19.5. The Kier molecular flexibility index (Phi) is 4.70. The maximum atomic E-state index is 14.2. The van der Waals surface area contributed by atoms with Gasteiger partial charge in [0.15, 0.2) is 0 Å². The van der Waals surface area contributed by atoms with Crippen molar-refractivity contribution in [1.82, 2.24) is 4.90 Å². The number of halogens is 1. The van der Waals surface area contributed by atoms with Crippen molar-refractivity contribution in [2.45, 2.75) is 18.8 Å². The Bertz CT molecular complexity index is 539. The van der Waals surface area contributed by atoms with E-state index in [2.05, 4.69) is 0 Å². The van der Waals surface area contributed by atoms with Gasteiger partial charge in [0.25, 0.3) is 0 Å². The second-order valence-electron chi connectivity index (χ2n) is 5.03. The number of fused-ring (bicyclic) bond motifs is 1. The first-order valence-corrected chi connectivity index (χ1v) is 6.60. The quantitative estimate of drug-likeness (QED) is 0.588. The first-order chi connectivity index (χ1) is 9.65. The van der Waals surface area contributed by atoms with E-state index in [-0.39, 0.29) is 24.7 Å². The van der Waals surface area contributed by atoms with Crippen LogP contribution in [0.25, 0.3) is 0 Å². The Labute approximate surface area is 117 Å². The zero-order chi connectivity index (χ0) is 14.5. The van der Waals surface area contributed by atoms with E-state index in [1.54, 1.807) is 18.0 Å². The molecule has 0 fully saturated rings. The molecule has 106 valence electrons. The largest absolute Gasteiger partial charge is 0.493 e. The van der Waals surface area contributed by atoms with Gasteiger partial charge in [-0.15, -0.1) is 0 Å². The third-order valence-corrected chi connectivity index (χ3v) is 3.50. The Morgan fingerprint density at radius 2 is 2.40 bits per heavy atom. The number of hydrogen-bond donors (Lipinski definition) is 0. The van der Waals surface area contributed by atoms with Crippen LogP contribution >= 0.6 is 0 Å². The zero-order valence-electron chi connectivity index (χ0n) is 11.4. The summed E-state index contributed by atoms with van der Waals surface area (Å²) in [6.45, 7) is 1.30. The molecule has 2 rings (SSSR count). The van der Waals surface area contributed by atoms with Crippen LogP contribution in [0.15, 0.2) is 12.1 Å². The summed E-state index contributed by atoms with van der Waals surface area (Å²) in [4.78, 5) is 12.6. The van der Waals surface area contributed by atoms with Crippen LogP contribution in [0, 0.1) is 17.1 Å². The van der Waals surface area contributed by atoms with Crippen molar-refractivity contribution >= 4 is 6.29 Å². The molecule has 1 aromatic rings. The van der Waals surface area contributed by atoms with Crippen LogP contribution in [0.1, 0.15) is 23.5 Å². The summed E-state index contributed by atoms with van der Waals surface area (Å²) in [7, 11) is 1.79. The highest BCUT2D eigenvalue weighted by molar-refractivity contribution is 5.53. The molecule has 1 aliphatic rings. The smallest absolute Gasteiger partial charge is 0.130 e. The van der Waals surface area contributed by atoms with Gasteiger partial charge in [-0.2, -0.15) is 5.26 Å². The molecule has 0 N–H and O–H groups in total. The van der Waals surface area contributed by atoms with Gasteiger partial charge in [-0.05, 0) is 24.2 Å². The van der Waals surface area contributed by atoms with Crippen LogP contribution in [0.2, 0.25) is 0 Å². The maximum Gasteiger partial charge on any atom is 0.130 e. The number of nitrogens with zero attached hydrogens (tertiary/aromatic N) is 2. The number of nitriles is 1. The van der Waals surface area contributed by atoms with Gasteiger partial charge < -0.3 is 9.53 Å². The Hall–Kier alpha value is -1.93. The van der Waals surface area contributed by atoms with Gasteiger partial charge in [0, 0.05) is 31.4 Å². The van der Waals surface area contributed by atoms with Crippen molar-refractivity contribution in [2.75, 3.05) is 26.7 Å². The second kappa shape index (κ2) is 6.49. The standard InChI is InChI=1S/C15H17FN2O2/c1-18(5-4-17)10-12(2-6-19)13-8-11-3-7-20-15(11)9-14(13)16/h6,8-9,12H,2-3,5,7,10H2,1H3. The molecule has 0 saturated heterocycles. The summed E-state index contributed by atoms with van der Waals surface area (Å²) in [5, 5.41) is 8.68. The molecule has 5 heteroatoms. The lowest BCUT2D eigenvalue weighted by Gasteiger charge is -2.22. The fourth-order valence-corrected chi connectivity index (χ4v) is 2.51. The van der Waals surface area contributed by atoms with Gasteiger partial charge in [0.2, 0.25) is 0 Å². The molecular weight excluding hydrogens is 259 g/mol. The lowest BCUT2D eigenvalue weighted by Crippen LogP contribution is -2.26. The first kappa shape index (κ1) is 14.5. The van der Waals surface area contributed by atoms with Crippen LogP contribution in [0.4, 0.5) is 4.39 Å². The molecule has 1 aromatic carbocycles. The Morgan fingerprint density at radius 1 is 1.60 bits per heavy atom. The first-order valence-electron chi connectivity index (χ1n) is 6.60. The van der Waals surface area contributed by atoms with E-state index >= 15 is 0 Å². The van der Waals surface area contributed by atoms with Crippen LogP contribution in [-0.4, -0.2) is 37.9 Å². The predicted molar refractivity (Wildman–Crippen MR) is 72.1 cm³/mol. The number of benzene rings is 1. The molecule has 1 aliphatic heterocycles. The molecule has 0 amide bonds. The molecule has 1 unspecified atom stereocenters. The van der Waals surface area contributed by atoms with Gasteiger partial charge in [0.1, 0.15) is 17.9 Å². The van der Waals surface area contributed by atoms with E-state index in [9.17, 15) is 9.18 Å². The lowest BCUT2D eigenvalue weighted by molar-refractivity contribution is -0.108. The second-order valence-corrected chi connectivity index (χ2v) is 5.03. The fourth-order valence-electron chi connectivity index (χ4n) is 2.51. The van der Waals surface area contributed by atoms with Gasteiger partial charge in [0.05, 0.1) is 19.2 Å². The summed E-state index contributed by atoms with van der Waals surface area (Å²) in [6, 6.07) is 5.25. The summed E-state index contributed by atoms with van der Waals surface area (Å²) in [5.74, 6) is 0.0149. The Balaban J connectivity index is 2.25. The van der Waals surface area contributed by atoms with Crippen LogP contribution in [0.5, 0.6) is 5.75 Å². The van der Waals surface area contributed by atoms with E-state index in [0.29, 0.717) is 24.5 Å². The highest BCUT2D eigenvalue weighted by atomic mass is 19.1. The number of carbonyl (C=O) groups is 1. The Morgan fingerprint density at radius 3 is 3.10 bits per heavy atom. The van der Waals surface area contributed by atoms with E-state index in [1.807, 2.05) is 6.07 Å². The van der Waals surface area contributed by atoms with Crippen molar-refractivity contribution < 1.29 is 13.9 Å². The van der Waals surface area contributed by atoms with Crippen molar-refractivity contribution in [3.05, 3.63) is 29.1 Å². The normalized spacial score (nSPS) is 14.5. The molecule has 0 radical (unpaired) electrons. The lowest BCUT2D eigenvalue weighted by atomic mass is 9.93. The van der Waals surface area contributed by atoms with E-state index in [1.165, 1.54) is 6.07 Å². The molecule has 0 aromatic heterocycles. The molecule has 4 nitrogen and oxygen atoms in total. The number of hydrogen-bond acceptors (Lipinski definition) is 4. The highest BCUT2D eigenvalue weighted by Crippen LogP contribution is 2.32. The summed E-state index contributed by atoms with van der Waals surface area (Å²) >= 11 is 0. The average molecular weight is 276 g/mol. The van der Waals surface area contributed by atoms with Gasteiger partial charge in [-0.25, -0.2) is 4.39 Å². The number of likely N-dealkylation sites (N-methyl/N-ethyl adjacent to an activating group) is 1. The summed E-state index contributed by atoms with van der Waals surface area (Å²) in [6.07, 6.45) is 1.81. The highest BCUT2D eigenvalue weighted by Gasteiger charge is 2.22. The monoisotopic (exact) mass is 276 g/mol. The fraction of sp³-hybridized carbons (Fsp3) is 0.467. The van der Waals surface area contributed by atoms with Crippen LogP contribution in [-0.2, 0) is 11.2 Å². The van der Waals surface area contributed by atoms with Gasteiger partial charge in [-0.3, -0.25) is 4.90 Å². The van der Waals surface area contributed by atoms with Crippen LogP contribution in [0.3, 0.4) is 0 Å². The van der Waals surface area contributed by atoms with E-state index in [0.717, 1.165) is 18.3 Å². The van der Waals surface area contributed by atoms with E-state index < -0.39 is 0 Å². The van der Waals surface area contributed by atoms with Gasteiger partial charge >= 0.3 is 0 Å². The van der Waals surface area contributed by atoms with Gasteiger partial charge in [-0.1, -0.05) is 0 Å². The number of ether oxygens (including phenoxy) is 1. The minimum Gasteiger partial charge on any atom is -0.493 e. The van der Waals surface area contributed by atoms with Crippen molar-refractivity contribution in [1.29, 1.82) is 5.26 Å². The molecule has 0 spiro atoms. The molecule has 1 atom stereocenters. The van der Waals surface area contributed by atoms with Crippen molar-refractivity contribution in [3.8, 4) is 11.8 Å². The average Bonchev–Trinajstić information content (AvgIpc) is 2.84. The molecule has 0 saturated carbocycles. The molecule has 0 bridgehead atoms. The zero-order valence-corrected chi connectivity index (χ0v) is 11.4. The maximum absolute atomic E-state index is 14.2. The van der Waals surface area contributed by atoms with Crippen LogP contribution < -0.4 is 4.74 Å². The molecule has 1 heterocycles. The molecular formula is C15H17FN2O2. The number of rotatable bonds is 6. The minimum absolute atomic E-state index is 0.239. The number of aldehydes is 1. The summed E-state index contributed by atoms with van der Waals surface area (Å²) in [5.41, 5.74) is 1.52. The minimum atomic E-state index is -0.345. The molecule has 20 heavy (non-hydrogen) atoms. The SMILES string of the molecule is CN(CC#N)CC(CC=O)c1cc2c(cc1F)OCC2. The predicted octanol–water partition coefficient (Wildman–Crippen LogP) is 1.89.